The number of nitrogens with one attached hydrogen (secondary N) is 1. The Morgan fingerprint density at radius 3 is 2.61 bits per heavy atom. The van der Waals surface area contributed by atoms with Crippen LogP contribution < -0.4 is 5.32 Å². The Kier molecular flexibility index (Phi) is 6.13. The Hall–Kier alpha value is -1.63. The average molecular weight is 248 g/mol. The minimum Gasteiger partial charge on any atom is -0.352 e. The van der Waals surface area contributed by atoms with E-state index in [0.717, 1.165) is 25.7 Å². The van der Waals surface area contributed by atoms with Gasteiger partial charge in [0, 0.05) is 12.5 Å². The predicted molar refractivity (Wildman–Crippen MR) is 68.6 cm³/mol. The van der Waals surface area contributed by atoms with Gasteiger partial charge in [-0.1, -0.05) is 25.3 Å². The van der Waals surface area contributed by atoms with Crippen molar-refractivity contribution in [3.8, 4) is 6.07 Å². The highest BCUT2D eigenvalue weighted by Gasteiger charge is 2.27. The number of rotatable bonds is 6. The third kappa shape index (κ3) is 4.33. The maximum Gasteiger partial charge on any atom is 0.245 e. The van der Waals surface area contributed by atoms with Crippen molar-refractivity contribution >= 4 is 11.7 Å². The van der Waals surface area contributed by atoms with Gasteiger partial charge in [0.2, 0.25) is 5.91 Å². The second kappa shape index (κ2) is 7.65. The first-order valence-corrected chi connectivity index (χ1v) is 6.52. The van der Waals surface area contributed by atoms with Crippen LogP contribution in [0.1, 0.15) is 44.9 Å². The molecule has 0 aromatic heterocycles. The van der Waals surface area contributed by atoms with Crippen LogP contribution in [0, 0.1) is 17.2 Å². The molecule has 1 amide bonds. The summed E-state index contributed by atoms with van der Waals surface area (Å²) in [6.07, 6.45) is 7.64. The van der Waals surface area contributed by atoms with Gasteiger partial charge in [-0.15, -0.1) is 6.58 Å². The van der Waals surface area contributed by atoms with Gasteiger partial charge in [-0.2, -0.15) is 5.26 Å². The largest absolute Gasteiger partial charge is 0.352 e. The highest BCUT2D eigenvalue weighted by Crippen LogP contribution is 2.18. The number of ketones is 1. The third-order valence-corrected chi connectivity index (χ3v) is 3.26. The zero-order valence-electron chi connectivity index (χ0n) is 10.7. The lowest BCUT2D eigenvalue weighted by atomic mass is 9.94. The van der Waals surface area contributed by atoms with Gasteiger partial charge in [0.25, 0.3) is 0 Å². The van der Waals surface area contributed by atoms with Gasteiger partial charge in [-0.05, 0) is 19.3 Å². The molecule has 18 heavy (non-hydrogen) atoms. The molecule has 98 valence electrons. The summed E-state index contributed by atoms with van der Waals surface area (Å²) < 4.78 is 0. The van der Waals surface area contributed by atoms with E-state index in [0.29, 0.717) is 6.42 Å². The van der Waals surface area contributed by atoms with Crippen LogP contribution in [0.25, 0.3) is 0 Å². The first-order chi connectivity index (χ1) is 8.69. The molecular formula is C14H20N2O2. The van der Waals surface area contributed by atoms with Crippen LogP contribution in [0.4, 0.5) is 0 Å². The number of allylic oxidation sites excluding steroid dienone is 1. The topological polar surface area (TPSA) is 70.0 Å². The van der Waals surface area contributed by atoms with E-state index in [2.05, 4.69) is 11.9 Å². The Morgan fingerprint density at radius 1 is 1.39 bits per heavy atom. The standard InChI is InChI=1S/C14H20N2O2/c1-2-3-9-13(17)12(10-15)14(18)16-11-7-5-4-6-8-11/h2,11-12H,1,3-9H2,(H,16,18). The summed E-state index contributed by atoms with van der Waals surface area (Å²) in [7, 11) is 0. The van der Waals surface area contributed by atoms with Crippen molar-refractivity contribution in [2.75, 3.05) is 0 Å². The summed E-state index contributed by atoms with van der Waals surface area (Å²) in [5, 5.41) is 11.8. The first kappa shape index (κ1) is 14.4. The van der Waals surface area contributed by atoms with Crippen LogP contribution in [0.15, 0.2) is 12.7 Å². The molecule has 0 bridgehead atoms. The smallest absolute Gasteiger partial charge is 0.245 e. The first-order valence-electron chi connectivity index (χ1n) is 6.52. The van der Waals surface area contributed by atoms with Crippen molar-refractivity contribution in [3.05, 3.63) is 12.7 Å². The Labute approximate surface area is 108 Å². The number of Topliss-reactive ketones (excluding diaryl/α,β-unsaturated/α-hetero) is 1. The molecule has 0 radical (unpaired) electrons. The lowest BCUT2D eigenvalue weighted by molar-refractivity contribution is -0.132. The number of amides is 1. The molecule has 0 saturated heterocycles. The number of hydrogen-bond acceptors (Lipinski definition) is 3. The second-order valence-corrected chi connectivity index (χ2v) is 4.70. The van der Waals surface area contributed by atoms with Gasteiger partial charge < -0.3 is 5.32 Å². The highest BCUT2D eigenvalue weighted by atomic mass is 16.2. The van der Waals surface area contributed by atoms with E-state index in [1.165, 1.54) is 6.42 Å². The summed E-state index contributed by atoms with van der Waals surface area (Å²) in [4.78, 5) is 23.6. The molecule has 0 aliphatic heterocycles. The fourth-order valence-electron chi connectivity index (χ4n) is 2.20. The molecule has 1 aliphatic rings. The quantitative estimate of drug-likeness (QED) is 0.578. The van der Waals surface area contributed by atoms with E-state index in [1.54, 1.807) is 12.1 Å². The van der Waals surface area contributed by atoms with Crippen molar-refractivity contribution in [1.82, 2.24) is 5.32 Å². The molecule has 1 N–H and O–H groups in total. The van der Waals surface area contributed by atoms with Gasteiger partial charge in [-0.25, -0.2) is 0 Å². The van der Waals surface area contributed by atoms with Crippen LogP contribution in [0.3, 0.4) is 0 Å². The second-order valence-electron chi connectivity index (χ2n) is 4.70. The van der Waals surface area contributed by atoms with Crippen molar-refractivity contribution in [2.45, 2.75) is 51.0 Å². The predicted octanol–water partition coefficient (Wildman–Crippen LogP) is 2.11. The van der Waals surface area contributed by atoms with E-state index in [4.69, 9.17) is 5.26 Å². The van der Waals surface area contributed by atoms with Gasteiger partial charge in [0.15, 0.2) is 11.7 Å². The van der Waals surface area contributed by atoms with E-state index in [9.17, 15) is 9.59 Å². The minimum atomic E-state index is -1.16. The summed E-state index contributed by atoms with van der Waals surface area (Å²) in [5.74, 6) is -1.91. The molecule has 0 spiro atoms. The van der Waals surface area contributed by atoms with E-state index < -0.39 is 11.8 Å². The SMILES string of the molecule is C=CCCC(=O)C(C#N)C(=O)NC1CCCCC1. The summed E-state index contributed by atoms with van der Waals surface area (Å²) in [5.41, 5.74) is 0. The number of nitrogens with zero attached hydrogens (tertiary/aromatic N) is 1. The maximum absolute atomic E-state index is 11.9. The molecule has 1 unspecified atom stereocenters. The summed E-state index contributed by atoms with van der Waals surface area (Å²) in [6, 6.07) is 1.94. The van der Waals surface area contributed by atoms with Crippen molar-refractivity contribution in [1.29, 1.82) is 5.26 Å². The van der Waals surface area contributed by atoms with E-state index in [-0.39, 0.29) is 18.2 Å². The molecule has 0 heterocycles. The lowest BCUT2D eigenvalue weighted by Gasteiger charge is -2.23. The highest BCUT2D eigenvalue weighted by molar-refractivity contribution is 6.04. The minimum absolute atomic E-state index is 0.134. The lowest BCUT2D eigenvalue weighted by Crippen LogP contribution is -2.41. The third-order valence-electron chi connectivity index (χ3n) is 3.26. The molecule has 4 heteroatoms. The summed E-state index contributed by atoms with van der Waals surface area (Å²) >= 11 is 0. The molecular weight excluding hydrogens is 228 g/mol. The van der Waals surface area contributed by atoms with Crippen molar-refractivity contribution < 1.29 is 9.59 Å². The maximum atomic E-state index is 11.9. The molecule has 1 rings (SSSR count). The number of carbonyl (C=O) groups excluding carboxylic acids is 2. The van der Waals surface area contributed by atoms with Gasteiger partial charge >= 0.3 is 0 Å². The molecule has 1 atom stereocenters. The van der Waals surface area contributed by atoms with Gasteiger partial charge in [-0.3, -0.25) is 9.59 Å². The Balaban J connectivity index is 2.48. The number of nitriles is 1. The normalized spacial score (nSPS) is 17.5. The number of hydrogen-bond donors (Lipinski definition) is 1. The zero-order chi connectivity index (χ0) is 13.4. The van der Waals surface area contributed by atoms with Crippen LogP contribution in [-0.4, -0.2) is 17.7 Å². The zero-order valence-corrected chi connectivity index (χ0v) is 10.7. The van der Waals surface area contributed by atoms with Crippen LogP contribution in [0.2, 0.25) is 0 Å². The summed E-state index contributed by atoms with van der Waals surface area (Å²) in [6.45, 7) is 3.52. The Bertz CT molecular complexity index is 351. The molecule has 0 aromatic carbocycles. The van der Waals surface area contributed by atoms with Crippen LogP contribution in [0.5, 0.6) is 0 Å². The molecule has 4 nitrogen and oxygen atoms in total. The molecule has 1 fully saturated rings. The Morgan fingerprint density at radius 2 is 2.06 bits per heavy atom. The van der Waals surface area contributed by atoms with Crippen molar-refractivity contribution in [3.63, 3.8) is 0 Å². The van der Waals surface area contributed by atoms with Gasteiger partial charge in [0.1, 0.15) is 0 Å². The molecule has 1 aliphatic carbocycles. The van der Waals surface area contributed by atoms with E-state index >= 15 is 0 Å². The fourth-order valence-corrected chi connectivity index (χ4v) is 2.20. The molecule has 0 aromatic rings. The van der Waals surface area contributed by atoms with Crippen LogP contribution >= 0.6 is 0 Å². The average Bonchev–Trinajstić information content (AvgIpc) is 2.38. The van der Waals surface area contributed by atoms with Crippen LogP contribution in [-0.2, 0) is 9.59 Å². The van der Waals surface area contributed by atoms with E-state index in [1.807, 2.05) is 0 Å². The van der Waals surface area contributed by atoms with Gasteiger partial charge in [0.05, 0.1) is 6.07 Å². The van der Waals surface area contributed by atoms with Crippen molar-refractivity contribution in [2.24, 2.45) is 5.92 Å². The number of carbonyl (C=O) groups is 2. The monoisotopic (exact) mass is 248 g/mol. The fraction of sp³-hybridized carbons (Fsp3) is 0.643. The molecule has 1 saturated carbocycles.